The molecule has 7 heteroatoms. The van der Waals surface area contributed by atoms with Crippen molar-refractivity contribution < 1.29 is 9.13 Å². The Morgan fingerprint density at radius 1 is 1.27 bits per heavy atom. The molecule has 1 heterocycles. The lowest BCUT2D eigenvalue weighted by atomic mass is 10.1. The molecule has 0 spiro atoms. The second kappa shape index (κ2) is 10.7. The molecule has 2 aliphatic rings. The van der Waals surface area contributed by atoms with Crippen molar-refractivity contribution >= 4 is 35.6 Å². The molecule has 0 saturated carbocycles. The summed E-state index contributed by atoms with van der Waals surface area (Å²) < 4.78 is 19.8. The molecule has 26 heavy (non-hydrogen) atoms. The summed E-state index contributed by atoms with van der Waals surface area (Å²) in [6.45, 7) is 6.07. The highest BCUT2D eigenvalue weighted by molar-refractivity contribution is 14.0. The van der Waals surface area contributed by atoms with Gasteiger partial charge < -0.3 is 20.3 Å². The molecule has 5 nitrogen and oxygen atoms in total. The normalized spacial score (nSPS) is 17.9. The van der Waals surface area contributed by atoms with Gasteiger partial charge in [-0.1, -0.05) is 18.2 Å². The van der Waals surface area contributed by atoms with Crippen molar-refractivity contribution in [2.24, 2.45) is 4.99 Å². The maximum atomic E-state index is 14.5. The molecule has 0 radical (unpaired) electrons. The van der Waals surface area contributed by atoms with Crippen molar-refractivity contribution in [1.29, 1.82) is 0 Å². The molecular weight excluding hydrogens is 446 g/mol. The van der Waals surface area contributed by atoms with Crippen LogP contribution in [-0.4, -0.2) is 44.8 Å². The minimum atomic E-state index is -0.187. The van der Waals surface area contributed by atoms with Gasteiger partial charge in [-0.25, -0.2) is 9.38 Å². The van der Waals surface area contributed by atoms with Crippen LogP contribution in [0.2, 0.25) is 0 Å². The third kappa shape index (κ3) is 5.84. The fourth-order valence-electron chi connectivity index (χ4n) is 3.13. The van der Waals surface area contributed by atoms with E-state index in [1.807, 2.05) is 24.0 Å². The Morgan fingerprint density at radius 2 is 2.00 bits per heavy atom. The number of aliphatic imine (C=N–C) groups is 1. The summed E-state index contributed by atoms with van der Waals surface area (Å²) in [5.74, 6) is 0.599. The van der Waals surface area contributed by atoms with Crippen LogP contribution in [-0.2, 0) is 11.3 Å². The topological polar surface area (TPSA) is 48.9 Å². The Hall–Kier alpha value is -1.35. The molecule has 1 aliphatic carbocycles. The van der Waals surface area contributed by atoms with Crippen LogP contribution in [0.5, 0.6) is 0 Å². The predicted molar refractivity (Wildman–Crippen MR) is 115 cm³/mol. The lowest BCUT2D eigenvalue weighted by Crippen LogP contribution is -2.42. The van der Waals surface area contributed by atoms with Gasteiger partial charge in [0.2, 0.25) is 0 Å². The van der Waals surface area contributed by atoms with E-state index in [1.165, 1.54) is 0 Å². The molecule has 1 aromatic carbocycles. The molecule has 1 saturated heterocycles. The largest absolute Gasteiger partial charge is 0.378 e. The van der Waals surface area contributed by atoms with Gasteiger partial charge in [0.25, 0.3) is 0 Å². The molecule has 0 bridgehead atoms. The molecular formula is C19H28FIN4O. The van der Waals surface area contributed by atoms with Crippen LogP contribution < -0.4 is 15.5 Å². The van der Waals surface area contributed by atoms with Crippen molar-refractivity contribution in [3.8, 4) is 0 Å². The Balaban J connectivity index is 0.00000243. The molecule has 0 unspecified atom stereocenters. The predicted octanol–water partition coefficient (Wildman–Crippen LogP) is 3.05. The third-order valence-corrected chi connectivity index (χ3v) is 4.48. The number of anilines is 1. The summed E-state index contributed by atoms with van der Waals surface area (Å²) >= 11 is 0. The highest BCUT2D eigenvalue weighted by atomic mass is 127. The molecule has 0 aromatic heterocycles. The Morgan fingerprint density at radius 3 is 2.65 bits per heavy atom. The number of halogens is 2. The first-order valence-electron chi connectivity index (χ1n) is 9.07. The number of guanidine groups is 1. The summed E-state index contributed by atoms with van der Waals surface area (Å²) in [5, 5.41) is 6.68. The molecule has 1 aromatic rings. The average molecular weight is 474 g/mol. The monoisotopic (exact) mass is 474 g/mol. The number of morpholine rings is 1. The van der Waals surface area contributed by atoms with Gasteiger partial charge in [-0.15, -0.1) is 24.0 Å². The van der Waals surface area contributed by atoms with Gasteiger partial charge >= 0.3 is 0 Å². The first kappa shape index (κ1) is 21.0. The Bertz CT molecular complexity index is 624. The van der Waals surface area contributed by atoms with E-state index in [4.69, 9.17) is 4.74 Å². The maximum absolute atomic E-state index is 14.5. The van der Waals surface area contributed by atoms with E-state index < -0.39 is 0 Å². The number of hydrogen-bond donors (Lipinski definition) is 2. The zero-order valence-corrected chi connectivity index (χ0v) is 17.5. The summed E-state index contributed by atoms with van der Waals surface area (Å²) in [7, 11) is 0. The van der Waals surface area contributed by atoms with Crippen molar-refractivity contribution in [2.45, 2.75) is 32.4 Å². The van der Waals surface area contributed by atoms with E-state index in [9.17, 15) is 4.39 Å². The molecule has 144 valence electrons. The SMILES string of the molecule is CCNC(=NCc1ccc(N2CCOCC2)c(F)c1)NC1CC=CC1.I. The fraction of sp³-hybridized carbons (Fsp3) is 0.526. The first-order valence-corrected chi connectivity index (χ1v) is 9.07. The lowest BCUT2D eigenvalue weighted by Gasteiger charge is -2.29. The van der Waals surface area contributed by atoms with Crippen LogP contribution in [0.15, 0.2) is 35.3 Å². The summed E-state index contributed by atoms with van der Waals surface area (Å²) in [6, 6.07) is 5.80. The number of benzene rings is 1. The molecule has 3 rings (SSSR count). The van der Waals surface area contributed by atoms with Gasteiger partial charge in [0.05, 0.1) is 25.4 Å². The van der Waals surface area contributed by atoms with Gasteiger partial charge in [0.15, 0.2) is 5.96 Å². The third-order valence-electron chi connectivity index (χ3n) is 4.48. The molecule has 0 atom stereocenters. The zero-order valence-electron chi connectivity index (χ0n) is 15.2. The van der Waals surface area contributed by atoms with E-state index >= 15 is 0 Å². The first-order chi connectivity index (χ1) is 12.3. The number of hydrogen-bond acceptors (Lipinski definition) is 3. The standard InChI is InChI=1S/C19H27FN4O.HI/c1-2-21-19(23-16-5-3-4-6-16)22-14-15-7-8-18(17(20)13-15)24-9-11-25-12-10-24;/h3-4,7-8,13,16H,2,5-6,9-12,14H2,1H3,(H2,21,22,23);1H. The molecule has 2 N–H and O–H groups in total. The highest BCUT2D eigenvalue weighted by Crippen LogP contribution is 2.22. The van der Waals surface area contributed by atoms with Gasteiger partial charge in [0, 0.05) is 25.7 Å². The zero-order chi connectivity index (χ0) is 17.5. The minimum absolute atomic E-state index is 0. The Kier molecular flexibility index (Phi) is 8.64. The van der Waals surface area contributed by atoms with Crippen LogP contribution in [0, 0.1) is 5.82 Å². The maximum Gasteiger partial charge on any atom is 0.191 e. The van der Waals surface area contributed by atoms with Crippen LogP contribution in [0.3, 0.4) is 0 Å². The number of nitrogens with one attached hydrogen (secondary N) is 2. The van der Waals surface area contributed by atoms with E-state index in [-0.39, 0.29) is 29.8 Å². The molecule has 1 fully saturated rings. The molecule has 0 amide bonds. The second-order valence-corrected chi connectivity index (χ2v) is 6.36. The summed E-state index contributed by atoms with van der Waals surface area (Å²) in [6.07, 6.45) is 6.41. The van der Waals surface area contributed by atoms with Crippen LogP contribution in [0.25, 0.3) is 0 Å². The van der Waals surface area contributed by atoms with Gasteiger partial charge in [0.1, 0.15) is 5.82 Å². The minimum Gasteiger partial charge on any atom is -0.378 e. The van der Waals surface area contributed by atoms with Gasteiger partial charge in [-0.3, -0.25) is 0 Å². The smallest absolute Gasteiger partial charge is 0.191 e. The van der Waals surface area contributed by atoms with Gasteiger partial charge in [-0.05, 0) is 37.5 Å². The van der Waals surface area contributed by atoms with Crippen molar-refractivity contribution in [1.82, 2.24) is 10.6 Å². The average Bonchev–Trinajstić information content (AvgIpc) is 3.14. The van der Waals surface area contributed by atoms with E-state index in [0.717, 1.165) is 44.0 Å². The van der Waals surface area contributed by atoms with Crippen molar-refractivity contribution in [2.75, 3.05) is 37.7 Å². The summed E-state index contributed by atoms with van der Waals surface area (Å²) in [4.78, 5) is 6.63. The van der Waals surface area contributed by atoms with Crippen LogP contribution in [0.4, 0.5) is 10.1 Å². The van der Waals surface area contributed by atoms with Crippen molar-refractivity contribution in [3.63, 3.8) is 0 Å². The summed E-state index contributed by atoms with van der Waals surface area (Å²) in [5.41, 5.74) is 1.52. The Labute approximate surface area is 172 Å². The van der Waals surface area contributed by atoms with Crippen molar-refractivity contribution in [3.05, 3.63) is 41.7 Å². The fourth-order valence-corrected chi connectivity index (χ4v) is 3.13. The van der Waals surface area contributed by atoms with E-state index in [0.29, 0.717) is 31.5 Å². The van der Waals surface area contributed by atoms with Gasteiger partial charge in [-0.2, -0.15) is 0 Å². The van der Waals surface area contributed by atoms with Crippen LogP contribution >= 0.6 is 24.0 Å². The highest BCUT2D eigenvalue weighted by Gasteiger charge is 2.15. The number of nitrogens with zero attached hydrogens (tertiary/aromatic N) is 2. The number of ether oxygens (including phenoxy) is 1. The quantitative estimate of drug-likeness (QED) is 0.298. The lowest BCUT2D eigenvalue weighted by molar-refractivity contribution is 0.122. The van der Waals surface area contributed by atoms with Crippen LogP contribution in [0.1, 0.15) is 25.3 Å². The molecule has 1 aliphatic heterocycles. The second-order valence-electron chi connectivity index (χ2n) is 6.36. The van der Waals surface area contributed by atoms with E-state index in [1.54, 1.807) is 6.07 Å². The van der Waals surface area contributed by atoms with E-state index in [2.05, 4.69) is 27.8 Å². The number of rotatable bonds is 5.